The van der Waals surface area contributed by atoms with Gasteiger partial charge < -0.3 is 15.6 Å². The van der Waals surface area contributed by atoms with Gasteiger partial charge in [0.25, 0.3) is 0 Å². The molecule has 3 nitrogen and oxygen atoms in total. The summed E-state index contributed by atoms with van der Waals surface area (Å²) in [5.74, 6) is -0.301. The van der Waals surface area contributed by atoms with Gasteiger partial charge in [0, 0.05) is 6.04 Å². The highest BCUT2D eigenvalue weighted by Crippen LogP contribution is 2.29. The van der Waals surface area contributed by atoms with E-state index in [0.717, 1.165) is 0 Å². The number of rotatable bonds is 4. The molecule has 3 N–H and O–H groups in total. The monoisotopic (exact) mass is 291 g/mol. The third-order valence-electron chi connectivity index (χ3n) is 3.15. The van der Waals surface area contributed by atoms with E-state index in [2.05, 4.69) is 0 Å². The van der Waals surface area contributed by atoms with E-state index in [1.807, 2.05) is 20.8 Å². The molecule has 0 radical (unpaired) electrons. The molecule has 0 aliphatic heterocycles. The van der Waals surface area contributed by atoms with Crippen molar-refractivity contribution in [3.63, 3.8) is 0 Å². The number of hydrogen-bond acceptors (Lipinski definition) is 3. The van der Waals surface area contributed by atoms with E-state index >= 15 is 0 Å². The second-order valence-electron chi connectivity index (χ2n) is 5.62. The number of ether oxygens (including phenoxy) is 1. The Morgan fingerprint density at radius 1 is 1.37 bits per heavy atom. The van der Waals surface area contributed by atoms with Gasteiger partial charge in [-0.25, -0.2) is 4.39 Å². The van der Waals surface area contributed by atoms with Gasteiger partial charge in [0.05, 0.1) is 13.2 Å². The SMILES string of the molecule is COc1cc([C@@H](O)C[C@H](N)C(C)(C)C)ccc1F.Cl. The second kappa shape index (κ2) is 7.08. The maximum Gasteiger partial charge on any atom is 0.165 e. The number of halogens is 2. The first kappa shape index (κ1) is 18.2. The Morgan fingerprint density at radius 2 is 1.95 bits per heavy atom. The van der Waals surface area contributed by atoms with Gasteiger partial charge in [-0.3, -0.25) is 0 Å². The summed E-state index contributed by atoms with van der Waals surface area (Å²) in [6.45, 7) is 6.07. The average molecular weight is 292 g/mol. The number of methoxy groups -OCH3 is 1. The molecule has 0 fully saturated rings. The van der Waals surface area contributed by atoms with Crippen LogP contribution in [-0.4, -0.2) is 18.3 Å². The fraction of sp³-hybridized carbons (Fsp3) is 0.571. The molecule has 0 aromatic heterocycles. The zero-order valence-electron chi connectivity index (χ0n) is 11.8. The molecule has 5 heteroatoms. The molecule has 1 aromatic carbocycles. The Bertz CT molecular complexity index is 407. The van der Waals surface area contributed by atoms with E-state index in [1.54, 1.807) is 6.07 Å². The summed E-state index contributed by atoms with van der Waals surface area (Å²) in [4.78, 5) is 0. The standard InChI is InChI=1S/C14H22FNO2.ClH/c1-14(2,3)13(16)8-11(17)9-5-6-10(15)12(7-9)18-4;/h5-7,11,13,17H,8,16H2,1-4H3;1H/t11-,13-;/m0./s1. The fourth-order valence-electron chi connectivity index (χ4n) is 1.61. The van der Waals surface area contributed by atoms with Crippen molar-refractivity contribution in [1.29, 1.82) is 0 Å². The number of benzene rings is 1. The molecule has 0 aliphatic rings. The van der Waals surface area contributed by atoms with Crippen LogP contribution in [0.5, 0.6) is 5.75 Å². The molecule has 0 heterocycles. The van der Waals surface area contributed by atoms with Gasteiger partial charge in [-0.1, -0.05) is 26.8 Å². The first-order chi connectivity index (χ1) is 8.25. The van der Waals surface area contributed by atoms with E-state index in [1.165, 1.54) is 19.2 Å². The first-order valence-electron chi connectivity index (χ1n) is 6.02. The summed E-state index contributed by atoms with van der Waals surface area (Å²) in [7, 11) is 1.40. The molecule has 19 heavy (non-hydrogen) atoms. The van der Waals surface area contributed by atoms with Gasteiger partial charge in [0.1, 0.15) is 0 Å². The predicted molar refractivity (Wildman–Crippen MR) is 77.2 cm³/mol. The van der Waals surface area contributed by atoms with Crippen LogP contribution in [0.2, 0.25) is 0 Å². The van der Waals surface area contributed by atoms with Crippen LogP contribution in [0.3, 0.4) is 0 Å². The second-order valence-corrected chi connectivity index (χ2v) is 5.62. The molecule has 0 bridgehead atoms. The van der Waals surface area contributed by atoms with E-state index in [4.69, 9.17) is 10.5 Å². The minimum atomic E-state index is -0.714. The average Bonchev–Trinajstić information content (AvgIpc) is 2.28. The lowest BCUT2D eigenvalue weighted by molar-refractivity contribution is 0.133. The third-order valence-corrected chi connectivity index (χ3v) is 3.15. The highest BCUT2D eigenvalue weighted by atomic mass is 35.5. The van der Waals surface area contributed by atoms with Crippen molar-refractivity contribution in [2.45, 2.75) is 39.3 Å². The zero-order chi connectivity index (χ0) is 13.9. The summed E-state index contributed by atoms with van der Waals surface area (Å²) in [6, 6.07) is 4.22. The Morgan fingerprint density at radius 3 is 2.42 bits per heavy atom. The summed E-state index contributed by atoms with van der Waals surface area (Å²) >= 11 is 0. The van der Waals surface area contributed by atoms with Crippen LogP contribution in [0.4, 0.5) is 4.39 Å². The van der Waals surface area contributed by atoms with E-state index < -0.39 is 11.9 Å². The van der Waals surface area contributed by atoms with Crippen LogP contribution in [-0.2, 0) is 0 Å². The van der Waals surface area contributed by atoms with Crippen molar-refractivity contribution >= 4 is 12.4 Å². The Hall–Kier alpha value is -0.840. The fourth-order valence-corrected chi connectivity index (χ4v) is 1.61. The summed E-state index contributed by atoms with van der Waals surface area (Å²) in [5, 5.41) is 10.1. The molecular formula is C14H23ClFNO2. The molecule has 110 valence electrons. The van der Waals surface area contributed by atoms with Gasteiger partial charge in [-0.15, -0.1) is 12.4 Å². The zero-order valence-corrected chi connectivity index (χ0v) is 12.6. The third kappa shape index (κ3) is 4.97. The first-order valence-corrected chi connectivity index (χ1v) is 6.02. The van der Waals surface area contributed by atoms with Crippen molar-refractivity contribution in [2.75, 3.05) is 7.11 Å². The number of aliphatic hydroxyl groups is 1. The van der Waals surface area contributed by atoms with Crippen molar-refractivity contribution < 1.29 is 14.2 Å². The number of nitrogens with two attached hydrogens (primary N) is 1. The van der Waals surface area contributed by atoms with Crippen LogP contribution >= 0.6 is 12.4 Å². The highest BCUT2D eigenvalue weighted by Gasteiger charge is 2.24. The van der Waals surface area contributed by atoms with Crippen LogP contribution in [0.15, 0.2) is 18.2 Å². The van der Waals surface area contributed by atoms with Gasteiger partial charge in [0.15, 0.2) is 11.6 Å². The molecule has 1 rings (SSSR count). The van der Waals surface area contributed by atoms with Crippen molar-refractivity contribution in [1.82, 2.24) is 0 Å². The molecule has 2 atom stereocenters. The molecule has 0 amide bonds. The van der Waals surface area contributed by atoms with Gasteiger partial charge in [-0.05, 0) is 29.5 Å². The van der Waals surface area contributed by atoms with Gasteiger partial charge in [-0.2, -0.15) is 0 Å². The minimum Gasteiger partial charge on any atom is -0.494 e. The predicted octanol–water partition coefficient (Wildman–Crippen LogP) is 3.05. The lowest BCUT2D eigenvalue weighted by atomic mass is 9.83. The van der Waals surface area contributed by atoms with Gasteiger partial charge >= 0.3 is 0 Å². The van der Waals surface area contributed by atoms with Crippen LogP contribution < -0.4 is 10.5 Å². The lowest BCUT2D eigenvalue weighted by Crippen LogP contribution is -2.36. The van der Waals surface area contributed by atoms with E-state index in [-0.39, 0.29) is 29.6 Å². The minimum absolute atomic E-state index is 0. The maximum atomic E-state index is 13.3. The molecule has 0 saturated heterocycles. The Kier molecular flexibility index (Phi) is 6.77. The quantitative estimate of drug-likeness (QED) is 0.896. The van der Waals surface area contributed by atoms with Crippen molar-refractivity contribution in [3.05, 3.63) is 29.6 Å². The highest BCUT2D eigenvalue weighted by molar-refractivity contribution is 5.85. The van der Waals surface area contributed by atoms with Gasteiger partial charge in [0.2, 0.25) is 0 Å². The number of aliphatic hydroxyl groups excluding tert-OH is 1. The molecule has 1 aromatic rings. The lowest BCUT2D eigenvalue weighted by Gasteiger charge is -2.29. The molecular weight excluding hydrogens is 269 g/mol. The molecule has 0 aliphatic carbocycles. The molecule has 0 spiro atoms. The molecule has 0 unspecified atom stereocenters. The smallest absolute Gasteiger partial charge is 0.165 e. The van der Waals surface area contributed by atoms with Crippen LogP contribution in [0.25, 0.3) is 0 Å². The molecule has 0 saturated carbocycles. The largest absolute Gasteiger partial charge is 0.494 e. The Labute approximate surface area is 120 Å². The summed E-state index contributed by atoms with van der Waals surface area (Å²) in [5.41, 5.74) is 6.56. The van der Waals surface area contributed by atoms with E-state index in [9.17, 15) is 9.50 Å². The Balaban J connectivity index is 0.00000324. The van der Waals surface area contributed by atoms with Crippen molar-refractivity contribution in [2.24, 2.45) is 11.1 Å². The summed E-state index contributed by atoms with van der Waals surface area (Å²) in [6.07, 6.45) is -0.285. The topological polar surface area (TPSA) is 55.5 Å². The number of hydrogen-bond donors (Lipinski definition) is 2. The van der Waals surface area contributed by atoms with Crippen LogP contribution in [0, 0.1) is 11.2 Å². The van der Waals surface area contributed by atoms with E-state index in [0.29, 0.717) is 12.0 Å². The normalized spacial score (nSPS) is 14.5. The summed E-state index contributed by atoms with van der Waals surface area (Å²) < 4.78 is 18.1. The van der Waals surface area contributed by atoms with Crippen molar-refractivity contribution in [3.8, 4) is 5.75 Å². The maximum absolute atomic E-state index is 13.3. The van der Waals surface area contributed by atoms with Crippen LogP contribution in [0.1, 0.15) is 38.9 Å².